The Bertz CT molecular complexity index is 810. The number of carbonyl (C=O) groups is 1. The minimum absolute atomic E-state index is 0.0122. The average molecular weight is 348 g/mol. The summed E-state index contributed by atoms with van der Waals surface area (Å²) in [6, 6.07) is 7.66. The van der Waals surface area contributed by atoms with Crippen LogP contribution in [-0.4, -0.2) is 25.1 Å². The lowest BCUT2D eigenvalue weighted by Crippen LogP contribution is -2.27. The highest BCUT2D eigenvalue weighted by atomic mass is 19.1. The van der Waals surface area contributed by atoms with Gasteiger partial charge in [0.05, 0.1) is 25.2 Å². The number of nitro benzene ring substituents is 1. The van der Waals surface area contributed by atoms with E-state index in [1.807, 2.05) is 0 Å². The van der Waals surface area contributed by atoms with Gasteiger partial charge >= 0.3 is 5.69 Å². The van der Waals surface area contributed by atoms with Crippen LogP contribution in [0.2, 0.25) is 0 Å². The minimum atomic E-state index is -0.996. The molecule has 0 fully saturated rings. The lowest BCUT2D eigenvalue weighted by atomic mass is 10.1. The fourth-order valence-electron chi connectivity index (χ4n) is 2.33. The summed E-state index contributed by atoms with van der Waals surface area (Å²) in [5.41, 5.74) is -0.0899. The van der Waals surface area contributed by atoms with Crippen LogP contribution in [0.1, 0.15) is 28.9 Å². The third-order valence-electron chi connectivity index (χ3n) is 3.66. The first-order chi connectivity index (χ1) is 11.9. The first kappa shape index (κ1) is 18.2. The van der Waals surface area contributed by atoms with E-state index in [0.29, 0.717) is 17.1 Å². The molecule has 1 atom stereocenters. The SMILES string of the molecule is COc1ccc(OC)c([C@H](C)NC(=O)c2ccc(F)c([N+](=O)[O-])c2)c1. The van der Waals surface area contributed by atoms with Crippen molar-refractivity contribution in [1.29, 1.82) is 0 Å². The molecule has 1 amide bonds. The summed E-state index contributed by atoms with van der Waals surface area (Å²) < 4.78 is 23.8. The normalized spacial score (nSPS) is 11.5. The summed E-state index contributed by atoms with van der Waals surface area (Å²) >= 11 is 0. The van der Waals surface area contributed by atoms with Gasteiger partial charge in [0.25, 0.3) is 5.91 Å². The highest BCUT2D eigenvalue weighted by molar-refractivity contribution is 5.95. The molecular weight excluding hydrogens is 331 g/mol. The molecule has 0 aliphatic carbocycles. The molecule has 0 saturated heterocycles. The highest BCUT2D eigenvalue weighted by Gasteiger charge is 2.20. The molecule has 2 rings (SSSR count). The molecular formula is C17H17FN2O5. The van der Waals surface area contributed by atoms with Gasteiger partial charge in [-0.1, -0.05) is 0 Å². The maximum atomic E-state index is 13.4. The quantitative estimate of drug-likeness (QED) is 0.639. The zero-order chi connectivity index (χ0) is 18.6. The van der Waals surface area contributed by atoms with Gasteiger partial charge in [-0.25, -0.2) is 0 Å². The van der Waals surface area contributed by atoms with E-state index in [4.69, 9.17) is 9.47 Å². The number of rotatable bonds is 6. The number of nitrogens with one attached hydrogen (secondary N) is 1. The molecule has 0 aliphatic heterocycles. The fourth-order valence-corrected chi connectivity index (χ4v) is 2.33. The number of halogens is 1. The molecule has 2 aromatic rings. The molecule has 132 valence electrons. The predicted molar refractivity (Wildman–Crippen MR) is 88.5 cm³/mol. The number of nitro groups is 1. The second-order valence-electron chi connectivity index (χ2n) is 5.23. The summed E-state index contributed by atoms with van der Waals surface area (Å²) in [7, 11) is 3.02. The zero-order valence-corrected chi connectivity index (χ0v) is 13.9. The Balaban J connectivity index is 2.26. The van der Waals surface area contributed by atoms with Gasteiger partial charge in [-0.15, -0.1) is 0 Å². The number of amides is 1. The van der Waals surface area contributed by atoms with Crippen LogP contribution in [0.3, 0.4) is 0 Å². The van der Waals surface area contributed by atoms with Gasteiger partial charge in [0.2, 0.25) is 5.82 Å². The van der Waals surface area contributed by atoms with E-state index in [-0.39, 0.29) is 5.56 Å². The van der Waals surface area contributed by atoms with Crippen LogP contribution in [0.5, 0.6) is 11.5 Å². The number of methoxy groups -OCH3 is 2. The van der Waals surface area contributed by atoms with Crippen LogP contribution in [-0.2, 0) is 0 Å². The van der Waals surface area contributed by atoms with E-state index in [1.54, 1.807) is 25.1 Å². The molecule has 0 aromatic heterocycles. The Kier molecular flexibility index (Phi) is 5.53. The zero-order valence-electron chi connectivity index (χ0n) is 13.9. The average Bonchev–Trinajstić information content (AvgIpc) is 2.60. The van der Waals surface area contributed by atoms with Crippen LogP contribution in [0.4, 0.5) is 10.1 Å². The maximum absolute atomic E-state index is 13.4. The topological polar surface area (TPSA) is 90.7 Å². The van der Waals surface area contributed by atoms with Crippen molar-refractivity contribution in [3.63, 3.8) is 0 Å². The molecule has 2 aromatic carbocycles. The Morgan fingerprint density at radius 2 is 1.92 bits per heavy atom. The van der Waals surface area contributed by atoms with E-state index in [0.717, 1.165) is 12.1 Å². The Morgan fingerprint density at radius 1 is 1.20 bits per heavy atom. The first-order valence-electron chi connectivity index (χ1n) is 7.34. The van der Waals surface area contributed by atoms with E-state index < -0.39 is 28.4 Å². The van der Waals surface area contributed by atoms with Gasteiger partial charge in [-0.05, 0) is 37.3 Å². The molecule has 7 nitrogen and oxygen atoms in total. The van der Waals surface area contributed by atoms with Crippen LogP contribution in [0, 0.1) is 15.9 Å². The smallest absolute Gasteiger partial charge is 0.305 e. The molecule has 25 heavy (non-hydrogen) atoms. The summed E-state index contributed by atoms with van der Waals surface area (Å²) in [5, 5.41) is 13.5. The van der Waals surface area contributed by atoms with Crippen molar-refractivity contribution in [2.24, 2.45) is 0 Å². The van der Waals surface area contributed by atoms with Crippen LogP contribution >= 0.6 is 0 Å². The molecule has 1 N–H and O–H groups in total. The number of nitrogens with zero attached hydrogens (tertiary/aromatic N) is 1. The summed E-state index contributed by atoms with van der Waals surface area (Å²) in [6.45, 7) is 1.73. The Morgan fingerprint density at radius 3 is 2.52 bits per heavy atom. The molecule has 8 heteroatoms. The van der Waals surface area contributed by atoms with E-state index in [1.165, 1.54) is 20.3 Å². The van der Waals surface area contributed by atoms with Gasteiger partial charge in [-0.2, -0.15) is 4.39 Å². The fraction of sp³-hybridized carbons (Fsp3) is 0.235. The van der Waals surface area contributed by atoms with Crippen molar-refractivity contribution < 1.29 is 23.6 Å². The second kappa shape index (κ2) is 7.61. The van der Waals surface area contributed by atoms with Crippen LogP contribution < -0.4 is 14.8 Å². The van der Waals surface area contributed by atoms with Crippen LogP contribution in [0.15, 0.2) is 36.4 Å². The third-order valence-corrected chi connectivity index (χ3v) is 3.66. The summed E-state index contributed by atoms with van der Waals surface area (Å²) in [5.74, 6) is -0.419. The molecule has 0 aliphatic rings. The van der Waals surface area contributed by atoms with Gasteiger partial charge < -0.3 is 14.8 Å². The molecule has 0 radical (unpaired) electrons. The third kappa shape index (κ3) is 4.03. The van der Waals surface area contributed by atoms with Crippen molar-refractivity contribution in [2.75, 3.05) is 14.2 Å². The van der Waals surface area contributed by atoms with Crippen molar-refractivity contribution in [1.82, 2.24) is 5.32 Å². The minimum Gasteiger partial charge on any atom is -0.497 e. The number of carbonyl (C=O) groups excluding carboxylic acids is 1. The predicted octanol–water partition coefficient (Wildman–Crippen LogP) is 3.24. The number of hydrogen-bond donors (Lipinski definition) is 1. The van der Waals surface area contributed by atoms with E-state index in [2.05, 4.69) is 5.32 Å². The lowest BCUT2D eigenvalue weighted by Gasteiger charge is -2.18. The number of ether oxygens (including phenoxy) is 2. The van der Waals surface area contributed by atoms with E-state index >= 15 is 0 Å². The number of benzene rings is 2. The summed E-state index contributed by atoms with van der Waals surface area (Å²) in [6.07, 6.45) is 0. The highest BCUT2D eigenvalue weighted by Crippen LogP contribution is 2.29. The standard InChI is InChI=1S/C17H17FN2O5/c1-10(13-9-12(24-2)5-7-16(13)25-3)19-17(21)11-4-6-14(18)15(8-11)20(22)23/h4-10H,1-3H3,(H,19,21)/t10-/m0/s1. The Labute approximate surface area is 143 Å². The van der Waals surface area contributed by atoms with Crippen molar-refractivity contribution >= 4 is 11.6 Å². The molecule has 0 bridgehead atoms. The Hall–Kier alpha value is -3.16. The van der Waals surface area contributed by atoms with Gasteiger partial charge in [0.1, 0.15) is 11.5 Å². The van der Waals surface area contributed by atoms with E-state index in [9.17, 15) is 19.3 Å². The van der Waals surface area contributed by atoms with Gasteiger partial charge in [0, 0.05) is 17.2 Å². The van der Waals surface area contributed by atoms with Crippen molar-refractivity contribution in [3.8, 4) is 11.5 Å². The van der Waals surface area contributed by atoms with Crippen molar-refractivity contribution in [2.45, 2.75) is 13.0 Å². The lowest BCUT2D eigenvalue weighted by molar-refractivity contribution is -0.387. The largest absolute Gasteiger partial charge is 0.497 e. The van der Waals surface area contributed by atoms with Gasteiger partial charge in [-0.3, -0.25) is 14.9 Å². The van der Waals surface area contributed by atoms with Gasteiger partial charge in [0.15, 0.2) is 0 Å². The molecule has 0 spiro atoms. The first-order valence-corrected chi connectivity index (χ1v) is 7.34. The molecule has 0 saturated carbocycles. The van der Waals surface area contributed by atoms with Crippen LogP contribution in [0.25, 0.3) is 0 Å². The maximum Gasteiger partial charge on any atom is 0.305 e. The summed E-state index contributed by atoms with van der Waals surface area (Å²) in [4.78, 5) is 22.3. The molecule has 0 unspecified atom stereocenters. The van der Waals surface area contributed by atoms with Crippen molar-refractivity contribution in [3.05, 3.63) is 63.5 Å². The monoisotopic (exact) mass is 348 g/mol. The molecule has 0 heterocycles. The number of hydrogen-bond acceptors (Lipinski definition) is 5. The second-order valence-corrected chi connectivity index (χ2v) is 5.23.